The van der Waals surface area contributed by atoms with Gasteiger partial charge in [0.05, 0.1) is 5.56 Å². The van der Waals surface area contributed by atoms with E-state index in [0.717, 1.165) is 14.9 Å². The van der Waals surface area contributed by atoms with Crippen molar-refractivity contribution < 1.29 is 9.21 Å². The molecule has 0 aliphatic rings. The second-order valence-corrected chi connectivity index (χ2v) is 5.30. The van der Waals surface area contributed by atoms with Gasteiger partial charge in [-0.25, -0.2) is 0 Å². The summed E-state index contributed by atoms with van der Waals surface area (Å²) in [6.45, 7) is 5.64. The molecule has 0 radical (unpaired) electrons. The standard InChI is InChI=1S/C14H13IO2/c1-8-9(2)17-10(3)13(8)14(16)11-4-6-12(15)7-5-11/h4-7H,1-3H3. The maximum atomic E-state index is 12.4. The van der Waals surface area contributed by atoms with Gasteiger partial charge in [0, 0.05) is 14.7 Å². The van der Waals surface area contributed by atoms with Crippen molar-refractivity contribution in [3.8, 4) is 0 Å². The maximum Gasteiger partial charge on any atom is 0.196 e. The van der Waals surface area contributed by atoms with E-state index in [0.29, 0.717) is 16.9 Å². The molecule has 88 valence electrons. The Kier molecular flexibility index (Phi) is 3.38. The van der Waals surface area contributed by atoms with Crippen LogP contribution in [0.4, 0.5) is 0 Å². The first-order chi connectivity index (χ1) is 8.00. The van der Waals surface area contributed by atoms with Gasteiger partial charge in [-0.15, -0.1) is 0 Å². The van der Waals surface area contributed by atoms with Gasteiger partial charge >= 0.3 is 0 Å². The minimum atomic E-state index is 0.0354. The molecule has 2 nitrogen and oxygen atoms in total. The quantitative estimate of drug-likeness (QED) is 0.610. The van der Waals surface area contributed by atoms with Gasteiger partial charge < -0.3 is 4.42 Å². The number of rotatable bonds is 2. The SMILES string of the molecule is Cc1oc(C)c(C(=O)c2ccc(I)cc2)c1C. The van der Waals surface area contributed by atoms with Gasteiger partial charge in [-0.2, -0.15) is 0 Å². The number of benzene rings is 1. The molecule has 0 bridgehead atoms. The van der Waals surface area contributed by atoms with Gasteiger partial charge in [0.2, 0.25) is 0 Å². The van der Waals surface area contributed by atoms with Crippen LogP contribution in [0.1, 0.15) is 33.0 Å². The maximum absolute atomic E-state index is 12.4. The van der Waals surface area contributed by atoms with Crippen LogP contribution in [0.3, 0.4) is 0 Å². The Labute approximate surface area is 114 Å². The van der Waals surface area contributed by atoms with Crippen molar-refractivity contribution in [3.63, 3.8) is 0 Å². The molecule has 0 atom stereocenters. The Morgan fingerprint density at radius 1 is 1.06 bits per heavy atom. The molecule has 0 aliphatic heterocycles. The number of carbonyl (C=O) groups is 1. The van der Waals surface area contributed by atoms with Crippen LogP contribution in [0.5, 0.6) is 0 Å². The number of furan rings is 1. The number of hydrogen-bond acceptors (Lipinski definition) is 2. The molecule has 0 N–H and O–H groups in total. The third-order valence-electron chi connectivity index (χ3n) is 2.89. The van der Waals surface area contributed by atoms with Crippen molar-refractivity contribution in [2.24, 2.45) is 0 Å². The third-order valence-corrected chi connectivity index (χ3v) is 3.61. The Hall–Kier alpha value is -1.10. The van der Waals surface area contributed by atoms with Crippen molar-refractivity contribution >= 4 is 28.4 Å². The largest absolute Gasteiger partial charge is 0.466 e. The molecule has 1 aromatic heterocycles. The highest BCUT2D eigenvalue weighted by Crippen LogP contribution is 2.23. The Morgan fingerprint density at radius 2 is 1.65 bits per heavy atom. The van der Waals surface area contributed by atoms with Gasteiger partial charge in [0.15, 0.2) is 5.78 Å². The molecule has 0 aliphatic carbocycles. The lowest BCUT2D eigenvalue weighted by Crippen LogP contribution is -2.03. The minimum absolute atomic E-state index is 0.0354. The highest BCUT2D eigenvalue weighted by atomic mass is 127. The second kappa shape index (κ2) is 4.64. The second-order valence-electron chi connectivity index (χ2n) is 4.05. The zero-order valence-corrected chi connectivity index (χ0v) is 12.2. The van der Waals surface area contributed by atoms with Crippen molar-refractivity contribution in [3.05, 3.63) is 56.0 Å². The molecule has 0 saturated carbocycles. The average molecular weight is 340 g/mol. The summed E-state index contributed by atoms with van der Waals surface area (Å²) in [5.41, 5.74) is 2.34. The smallest absolute Gasteiger partial charge is 0.196 e. The Balaban J connectivity index is 2.47. The highest BCUT2D eigenvalue weighted by molar-refractivity contribution is 14.1. The molecule has 1 heterocycles. The van der Waals surface area contributed by atoms with E-state index in [1.807, 2.05) is 45.0 Å². The minimum Gasteiger partial charge on any atom is -0.466 e. The van der Waals surface area contributed by atoms with Gasteiger partial charge in [-0.1, -0.05) is 0 Å². The Morgan fingerprint density at radius 3 is 2.12 bits per heavy atom. The van der Waals surface area contributed by atoms with E-state index in [1.54, 1.807) is 0 Å². The summed E-state index contributed by atoms with van der Waals surface area (Å²) in [7, 11) is 0. The van der Waals surface area contributed by atoms with Gasteiger partial charge in [0.25, 0.3) is 0 Å². The molecular formula is C14H13IO2. The van der Waals surface area contributed by atoms with Crippen LogP contribution < -0.4 is 0 Å². The third kappa shape index (κ3) is 2.29. The van der Waals surface area contributed by atoms with Crippen molar-refractivity contribution in [1.82, 2.24) is 0 Å². The predicted molar refractivity (Wildman–Crippen MR) is 75.5 cm³/mol. The zero-order valence-electron chi connectivity index (χ0n) is 10.0. The van der Waals surface area contributed by atoms with Crippen LogP contribution in [-0.4, -0.2) is 5.78 Å². The molecule has 0 unspecified atom stereocenters. The van der Waals surface area contributed by atoms with Gasteiger partial charge in [-0.3, -0.25) is 4.79 Å². The van der Waals surface area contributed by atoms with Gasteiger partial charge in [0.1, 0.15) is 11.5 Å². The van der Waals surface area contributed by atoms with E-state index in [2.05, 4.69) is 22.6 Å². The van der Waals surface area contributed by atoms with Crippen molar-refractivity contribution in [2.45, 2.75) is 20.8 Å². The fraction of sp³-hybridized carbons (Fsp3) is 0.214. The van der Waals surface area contributed by atoms with Gasteiger partial charge in [-0.05, 0) is 67.6 Å². The van der Waals surface area contributed by atoms with Crippen LogP contribution in [0.15, 0.2) is 28.7 Å². The van der Waals surface area contributed by atoms with Crippen molar-refractivity contribution in [2.75, 3.05) is 0 Å². The summed E-state index contributed by atoms with van der Waals surface area (Å²) in [6.07, 6.45) is 0. The lowest BCUT2D eigenvalue weighted by Gasteiger charge is -2.01. The molecule has 17 heavy (non-hydrogen) atoms. The first kappa shape index (κ1) is 12.4. The number of aryl methyl sites for hydroxylation is 2. The van der Waals surface area contributed by atoms with E-state index in [-0.39, 0.29) is 5.78 Å². The molecular weight excluding hydrogens is 327 g/mol. The van der Waals surface area contributed by atoms with E-state index >= 15 is 0 Å². The summed E-state index contributed by atoms with van der Waals surface area (Å²) in [5.74, 6) is 1.55. The van der Waals surface area contributed by atoms with Crippen LogP contribution >= 0.6 is 22.6 Å². The number of hydrogen-bond donors (Lipinski definition) is 0. The van der Waals surface area contributed by atoms with Crippen molar-refractivity contribution in [1.29, 1.82) is 0 Å². The average Bonchev–Trinajstić information content (AvgIpc) is 2.53. The summed E-state index contributed by atoms with van der Waals surface area (Å²) in [6, 6.07) is 7.58. The normalized spacial score (nSPS) is 10.6. The zero-order chi connectivity index (χ0) is 12.6. The molecule has 0 saturated heterocycles. The monoisotopic (exact) mass is 340 g/mol. The number of ketones is 1. The molecule has 2 rings (SSSR count). The van der Waals surface area contributed by atoms with E-state index in [1.165, 1.54) is 0 Å². The number of carbonyl (C=O) groups excluding carboxylic acids is 1. The fourth-order valence-electron chi connectivity index (χ4n) is 1.87. The topological polar surface area (TPSA) is 30.2 Å². The van der Waals surface area contributed by atoms with Crippen LogP contribution in [-0.2, 0) is 0 Å². The van der Waals surface area contributed by atoms with Crippen LogP contribution in [0.25, 0.3) is 0 Å². The van der Waals surface area contributed by atoms with E-state index in [4.69, 9.17) is 4.42 Å². The van der Waals surface area contributed by atoms with Crippen LogP contribution in [0.2, 0.25) is 0 Å². The molecule has 2 aromatic rings. The predicted octanol–water partition coefficient (Wildman–Crippen LogP) is 4.04. The molecule has 0 spiro atoms. The molecule has 3 heteroatoms. The lowest BCUT2D eigenvalue weighted by molar-refractivity contribution is 0.103. The first-order valence-corrected chi connectivity index (χ1v) is 6.45. The summed E-state index contributed by atoms with van der Waals surface area (Å²) < 4.78 is 6.61. The Bertz CT molecular complexity index is 565. The van der Waals surface area contributed by atoms with E-state index < -0.39 is 0 Å². The first-order valence-electron chi connectivity index (χ1n) is 5.37. The molecule has 1 aromatic carbocycles. The molecule has 0 amide bonds. The summed E-state index contributed by atoms with van der Waals surface area (Å²) in [4.78, 5) is 12.4. The lowest BCUT2D eigenvalue weighted by atomic mass is 10.00. The van der Waals surface area contributed by atoms with E-state index in [9.17, 15) is 4.79 Å². The van der Waals surface area contributed by atoms with Crippen LogP contribution in [0, 0.1) is 24.3 Å². The molecule has 0 fully saturated rings. The summed E-state index contributed by atoms with van der Waals surface area (Å²) in [5, 5.41) is 0. The summed E-state index contributed by atoms with van der Waals surface area (Å²) >= 11 is 2.22. The fourth-order valence-corrected chi connectivity index (χ4v) is 2.23. The highest BCUT2D eigenvalue weighted by Gasteiger charge is 2.19. The number of halogens is 1.